The second-order valence-corrected chi connectivity index (χ2v) is 43.2. The summed E-state index contributed by atoms with van der Waals surface area (Å²) < 4.78 is 44.6. The molecule has 0 fully saturated rings. The monoisotopic (exact) mass is 1490 g/mol. The van der Waals surface area contributed by atoms with E-state index >= 15 is 0 Å². The summed E-state index contributed by atoms with van der Waals surface area (Å²) in [4.78, 5) is 9.28. The van der Waals surface area contributed by atoms with Gasteiger partial charge in [-0.1, -0.05) is 395 Å². The molecule has 109 heavy (non-hydrogen) atoms. The molecular weight excluding hydrogens is 1380 g/mol. The van der Waals surface area contributed by atoms with Crippen LogP contribution in [-0.2, 0) is 29.9 Å². The van der Waals surface area contributed by atoms with E-state index in [0.29, 0.717) is 0 Å². The van der Waals surface area contributed by atoms with E-state index in [1.807, 2.05) is 209 Å². The number of fused-ring (bicyclic) bond motifs is 8. The van der Waals surface area contributed by atoms with E-state index < -0.39 is 21.4 Å². The topological polar surface area (TPSA) is 81.9 Å². The number of hydrogen-bond acceptors (Lipinski definition) is 5. The highest BCUT2D eigenvalue weighted by Crippen LogP contribution is 2.57. The van der Waals surface area contributed by atoms with Crippen LogP contribution >= 0.6 is 21.4 Å². The Kier molecular flexibility index (Phi) is 23.0. The highest BCUT2D eigenvalue weighted by Gasteiger charge is 2.41. The number of pyridine rings is 2. The predicted octanol–water partition coefficient (Wildman–Crippen LogP) is 24.7. The zero-order chi connectivity index (χ0) is 77.6. The molecule has 550 valence electrons. The van der Waals surface area contributed by atoms with Crippen LogP contribution in [-0.4, -0.2) is 24.8 Å². The average Bonchev–Trinajstić information content (AvgIpc) is 1.73. The van der Waals surface area contributed by atoms with Crippen molar-refractivity contribution >= 4 is 124 Å². The van der Waals surface area contributed by atoms with Gasteiger partial charge in [0.05, 0.1) is 22.1 Å². The summed E-state index contributed by atoms with van der Waals surface area (Å²) in [5.74, 6) is 0. The number of aromatic nitrogens is 3. The molecule has 9 heteroatoms. The average molecular weight is 1490 g/mol. The van der Waals surface area contributed by atoms with E-state index in [9.17, 15) is 13.7 Å². The Balaban J connectivity index is 0.000000128. The lowest BCUT2D eigenvalue weighted by atomic mass is 9.86. The van der Waals surface area contributed by atoms with Gasteiger partial charge < -0.3 is 18.3 Å². The third-order valence-electron chi connectivity index (χ3n) is 20.4. The summed E-state index contributed by atoms with van der Waals surface area (Å²) in [5.41, 5.74) is 9.85. The van der Waals surface area contributed by atoms with E-state index in [2.05, 4.69) is 250 Å². The van der Waals surface area contributed by atoms with Crippen molar-refractivity contribution in [2.24, 2.45) is 0 Å². The number of hydrogen-bond donors (Lipinski definition) is 0. The molecule has 0 saturated carbocycles. The first-order valence-electron chi connectivity index (χ1n) is 37.8. The molecule has 0 spiro atoms. The summed E-state index contributed by atoms with van der Waals surface area (Å²) in [5, 5.41) is 15.3. The fourth-order valence-corrected chi connectivity index (χ4v) is 23.0. The van der Waals surface area contributed by atoms with Crippen LogP contribution in [0.1, 0.15) is 121 Å². The summed E-state index contributed by atoms with van der Waals surface area (Å²) >= 11 is 0. The van der Waals surface area contributed by atoms with Crippen molar-refractivity contribution in [1.82, 2.24) is 14.5 Å². The van der Waals surface area contributed by atoms with Gasteiger partial charge in [-0.2, -0.15) is 0 Å². The van der Waals surface area contributed by atoms with Gasteiger partial charge >= 0.3 is 0 Å². The third-order valence-corrected chi connectivity index (χ3v) is 31.3. The van der Waals surface area contributed by atoms with E-state index in [-0.39, 0.29) is 26.6 Å². The van der Waals surface area contributed by atoms with Crippen LogP contribution in [0, 0.1) is 0 Å². The van der Waals surface area contributed by atoms with Crippen molar-refractivity contribution in [3.8, 4) is 5.69 Å². The summed E-state index contributed by atoms with van der Waals surface area (Å²) in [6, 6.07) is 115. The van der Waals surface area contributed by atoms with Crippen LogP contribution < -0.4 is 37.1 Å². The molecule has 0 bridgehead atoms. The Morgan fingerprint density at radius 3 is 1.09 bits per heavy atom. The van der Waals surface area contributed by atoms with Crippen LogP contribution in [0.2, 0.25) is 0 Å². The normalized spacial score (nSPS) is 12.7. The maximum atomic E-state index is 14.5. The second kappa shape index (κ2) is 32.1. The summed E-state index contributed by atoms with van der Waals surface area (Å²) in [7, 11) is -8.25. The lowest BCUT2D eigenvalue weighted by molar-refractivity contribution is 0.563. The molecule has 0 aliphatic heterocycles. The first-order valence-corrected chi connectivity index (χ1v) is 42.9. The SMILES string of the molecule is CC(C)(C)P(=O)(c1ccccc1)c1ccc2ccccc2c1.CC(C)(C)P(=O)(c1ccccc1)c1ccccc1.CC(C)(C)c1ccc(-n2c3ccccc3c3ccccc32)cc1.CC(C)(C)c1ccc2cc(P(=O)(c3ccccc3)c3ccccc3)ccc2c1.CC(C)(C)c1ccc2ccc3cccnc3c2n1. The van der Waals surface area contributed by atoms with Gasteiger partial charge in [0, 0.05) is 92.0 Å². The molecular formula is C100H102N3O3P3. The quantitative estimate of drug-likeness (QED) is 0.112. The molecule has 16 aromatic rings. The van der Waals surface area contributed by atoms with Gasteiger partial charge in [-0.3, -0.25) is 4.98 Å². The lowest BCUT2D eigenvalue weighted by Gasteiger charge is -2.32. The van der Waals surface area contributed by atoms with Crippen molar-refractivity contribution in [2.75, 3.05) is 0 Å². The molecule has 1 atom stereocenters. The number of benzene rings is 13. The molecule has 6 nitrogen and oxygen atoms in total. The maximum Gasteiger partial charge on any atom is 0.171 e. The maximum absolute atomic E-state index is 14.5. The van der Waals surface area contributed by atoms with Gasteiger partial charge in [-0.25, -0.2) is 4.98 Å². The minimum absolute atomic E-state index is 0.0606. The molecule has 0 saturated heterocycles. The highest BCUT2D eigenvalue weighted by atomic mass is 31.2. The van der Waals surface area contributed by atoms with Crippen molar-refractivity contribution in [1.29, 1.82) is 0 Å². The zero-order valence-corrected chi connectivity index (χ0v) is 68.5. The van der Waals surface area contributed by atoms with Crippen molar-refractivity contribution in [3.63, 3.8) is 0 Å². The van der Waals surface area contributed by atoms with E-state index in [0.717, 1.165) is 75.4 Å². The van der Waals surface area contributed by atoms with Crippen LogP contribution in [0.3, 0.4) is 0 Å². The first kappa shape index (κ1) is 78.3. The van der Waals surface area contributed by atoms with Gasteiger partial charge in [-0.05, 0) is 92.0 Å². The molecule has 3 aromatic heterocycles. The highest BCUT2D eigenvalue weighted by molar-refractivity contribution is 7.85. The standard InChI is InChI=1S/C26H25OP.C22H21N.C20H21OP.C16H16N2.C16H19OP/c1-26(2,3)22-16-14-21-19-25(17-15-20(21)18-22)28(27,23-10-6-4-7-11-23)24-12-8-5-9-13-24;1-22(2,3)16-12-14-17(15-13-16)23-20-10-6-4-8-18(20)19-9-5-7-11-21(19)23;1-20(2,3)22(21,18-11-5-4-6-12-18)19-14-13-16-9-7-8-10-17(16)15-19;1-16(2,3)13-9-8-12-7-6-11-5-4-10-17-14(11)15(12)18-13;1-16(2,3)18(17,14-10-6-4-7-11-14)15-12-8-5-9-13-15/h4-19H,1-3H3;4-15H,1-3H3;4-15H,1-3H3;4-10H,1-3H3;4-13H,1-3H3. The number of rotatable bonds is 8. The second-order valence-electron chi connectivity index (χ2n) is 33.2. The summed E-state index contributed by atoms with van der Waals surface area (Å²) in [6.45, 7) is 32.3. The third kappa shape index (κ3) is 16.8. The van der Waals surface area contributed by atoms with Crippen molar-refractivity contribution in [2.45, 2.75) is 130 Å². The Hall–Kier alpha value is -10.3. The Morgan fingerprint density at radius 1 is 0.266 bits per heavy atom. The van der Waals surface area contributed by atoms with E-state index in [4.69, 9.17) is 4.98 Å². The Labute approximate surface area is 646 Å². The van der Waals surface area contributed by atoms with Gasteiger partial charge in [-0.15, -0.1) is 0 Å². The molecule has 0 radical (unpaired) electrons. The van der Waals surface area contributed by atoms with E-state index in [1.54, 1.807) is 0 Å². The minimum Gasteiger partial charge on any atom is -0.313 e. The van der Waals surface area contributed by atoms with Gasteiger partial charge in [0.2, 0.25) is 0 Å². The van der Waals surface area contributed by atoms with Crippen LogP contribution in [0.4, 0.5) is 0 Å². The molecule has 13 aromatic carbocycles. The fraction of sp³-hybridized carbons (Fsp3) is 0.200. The van der Waals surface area contributed by atoms with Crippen LogP contribution in [0.25, 0.3) is 70.8 Å². The molecule has 0 N–H and O–H groups in total. The molecule has 1 unspecified atom stereocenters. The fourth-order valence-electron chi connectivity index (χ4n) is 14.2. The molecule has 0 amide bonds. The lowest BCUT2D eigenvalue weighted by Crippen LogP contribution is -2.30. The van der Waals surface area contributed by atoms with E-state index in [1.165, 1.54) is 49.4 Å². The summed E-state index contributed by atoms with van der Waals surface area (Å²) in [6.07, 6.45) is 1.83. The van der Waals surface area contributed by atoms with Gasteiger partial charge in [0.25, 0.3) is 0 Å². The molecule has 0 aliphatic rings. The van der Waals surface area contributed by atoms with Crippen LogP contribution in [0.5, 0.6) is 0 Å². The van der Waals surface area contributed by atoms with Crippen LogP contribution in [0.15, 0.2) is 346 Å². The molecule has 0 aliphatic carbocycles. The van der Waals surface area contributed by atoms with Gasteiger partial charge in [0.1, 0.15) is 14.3 Å². The number of para-hydroxylation sites is 2. The minimum atomic E-state index is -2.93. The molecule has 3 heterocycles. The van der Waals surface area contributed by atoms with Gasteiger partial charge in [0.15, 0.2) is 7.14 Å². The first-order chi connectivity index (χ1) is 51.9. The largest absolute Gasteiger partial charge is 0.313 e. The predicted molar refractivity (Wildman–Crippen MR) is 474 cm³/mol. The zero-order valence-electron chi connectivity index (χ0n) is 65.8. The molecule has 16 rings (SSSR count). The Bertz CT molecular complexity index is 5830. The smallest absolute Gasteiger partial charge is 0.171 e. The van der Waals surface area contributed by atoms with Crippen molar-refractivity contribution < 1.29 is 13.7 Å². The number of nitrogens with zero attached hydrogens (tertiary/aromatic N) is 3. The van der Waals surface area contributed by atoms with Crippen molar-refractivity contribution in [3.05, 3.63) is 363 Å². The Morgan fingerprint density at radius 2 is 0.615 bits per heavy atom.